The molecule has 0 bridgehead atoms. The molecule has 7 heteroatoms. The Hall–Kier alpha value is 6.45. The van der Waals surface area contributed by atoms with Gasteiger partial charge in [0.1, 0.15) is 0 Å². The smallest absolute Gasteiger partial charge is 0 e. The summed E-state index contributed by atoms with van der Waals surface area (Å²) in [5.74, 6) is 0. The SMILES string of the molecule is [Pt].[Pt].[Pt].[Pt].[Tm].[Tm].[Tm]. The molecule has 0 spiro atoms. The van der Waals surface area contributed by atoms with Gasteiger partial charge in [0.15, 0.2) is 0 Å². The van der Waals surface area contributed by atoms with Crippen molar-refractivity contribution in [2.45, 2.75) is 0 Å². The van der Waals surface area contributed by atoms with Crippen LogP contribution in [0.4, 0.5) is 0 Å². The van der Waals surface area contributed by atoms with Crippen LogP contribution in [0.15, 0.2) is 0 Å². The first kappa shape index (κ1) is 50.1. The molecular weight excluding hydrogens is 1290 g/mol. The first-order valence-electron chi connectivity index (χ1n) is 0. The van der Waals surface area contributed by atoms with Crippen LogP contribution in [0.1, 0.15) is 0 Å². The minimum atomic E-state index is 0. The fourth-order valence-electron chi connectivity index (χ4n) is 0. The molecule has 0 saturated heterocycles. The molecule has 0 aromatic rings. The second kappa shape index (κ2) is 39.2. The second-order valence-corrected chi connectivity index (χ2v) is 0. The van der Waals surface area contributed by atoms with Gasteiger partial charge in [-0.2, -0.15) is 0 Å². The third kappa shape index (κ3) is 32.7. The van der Waals surface area contributed by atoms with Gasteiger partial charge in [0.05, 0.1) is 0 Å². The summed E-state index contributed by atoms with van der Waals surface area (Å²) < 4.78 is 0. The van der Waals surface area contributed by atoms with Crippen molar-refractivity contribution in [3.8, 4) is 0 Å². The zero-order valence-corrected chi connectivity index (χ0v) is 16.5. The van der Waals surface area contributed by atoms with Crippen molar-refractivity contribution in [2.75, 3.05) is 0 Å². The van der Waals surface area contributed by atoms with Gasteiger partial charge in [-0.1, -0.05) is 0 Å². The summed E-state index contributed by atoms with van der Waals surface area (Å²) in [7, 11) is 0. The van der Waals surface area contributed by atoms with Gasteiger partial charge in [-0.25, -0.2) is 0 Å². The van der Waals surface area contributed by atoms with Gasteiger partial charge in [-0.15, -0.1) is 0 Å². The Kier molecular flexibility index (Phi) is 281. The maximum atomic E-state index is 0. The van der Waals surface area contributed by atoms with Gasteiger partial charge in [0.25, 0.3) is 0 Å². The van der Waals surface area contributed by atoms with Crippen LogP contribution in [-0.2, 0) is 84.3 Å². The normalized spacial score (nSPS) is 0. The Labute approximate surface area is 189 Å². The van der Waals surface area contributed by atoms with Gasteiger partial charge in [0.2, 0.25) is 0 Å². The molecule has 0 N–H and O–H groups in total. The van der Waals surface area contributed by atoms with Gasteiger partial charge < -0.3 is 0 Å². The zero-order chi connectivity index (χ0) is 0. The standard InChI is InChI=1S/4Pt.3Tm. The van der Waals surface area contributed by atoms with Crippen molar-refractivity contribution in [3.63, 3.8) is 0 Å². The Morgan fingerprint density at radius 3 is 0.286 bits per heavy atom. The monoisotopic (exact) mass is 1290 g/mol. The quantitative estimate of drug-likeness (QED) is 0.321. The van der Waals surface area contributed by atoms with Crippen molar-refractivity contribution in [3.05, 3.63) is 0 Å². The fraction of sp³-hybridized carbons (Fsp3) is 0. The van der Waals surface area contributed by atoms with Crippen LogP contribution >= 0.6 is 0 Å². The molecule has 0 aromatic carbocycles. The maximum absolute atomic E-state index is 0. The van der Waals surface area contributed by atoms with E-state index in [4.69, 9.17) is 0 Å². The van der Waals surface area contributed by atoms with Crippen molar-refractivity contribution >= 4 is 0 Å². The van der Waals surface area contributed by atoms with E-state index < -0.39 is 0 Å². The second-order valence-electron chi connectivity index (χ2n) is 0. The first-order valence-corrected chi connectivity index (χ1v) is 0. The number of hydrogen-bond donors (Lipinski definition) is 0. The maximum Gasteiger partial charge on any atom is 0 e. The molecular formula is Pt4Tm3. The third-order valence-corrected chi connectivity index (χ3v) is 0. The van der Waals surface area contributed by atoms with Crippen molar-refractivity contribution in [2.24, 2.45) is 0 Å². The molecule has 79 valence electrons. The molecule has 0 heterocycles. The molecule has 0 rings (SSSR count). The van der Waals surface area contributed by atoms with Crippen LogP contribution in [0.25, 0.3) is 0 Å². The van der Waals surface area contributed by atoms with E-state index in [-0.39, 0.29) is 195 Å². The summed E-state index contributed by atoms with van der Waals surface area (Å²) in [6.07, 6.45) is 0. The van der Waals surface area contributed by atoms with E-state index in [0.29, 0.717) is 0 Å². The van der Waals surface area contributed by atoms with E-state index in [0.717, 1.165) is 0 Å². The molecule has 0 aliphatic rings. The van der Waals surface area contributed by atoms with Crippen LogP contribution < -0.4 is 0 Å². The van der Waals surface area contributed by atoms with Gasteiger partial charge >= 0.3 is 0 Å². The average Bonchev–Trinajstić information content (AvgIpc) is 0. The minimum Gasteiger partial charge on any atom is 0 e. The van der Waals surface area contributed by atoms with E-state index in [2.05, 4.69) is 0 Å². The predicted molar refractivity (Wildman–Crippen MR) is 0 cm³/mol. The molecule has 0 unspecified atom stereocenters. The van der Waals surface area contributed by atoms with Gasteiger partial charge in [0, 0.05) is 195 Å². The summed E-state index contributed by atoms with van der Waals surface area (Å²) in [5.41, 5.74) is 0. The Balaban J connectivity index is 0. The van der Waals surface area contributed by atoms with Crippen LogP contribution in [0.5, 0.6) is 0 Å². The first-order chi connectivity index (χ1) is 0. The molecule has 0 atom stereocenters. The predicted octanol–water partition coefficient (Wildman–Crippen LogP) is -0.0100. The molecule has 0 saturated carbocycles. The van der Waals surface area contributed by atoms with Crippen molar-refractivity contribution < 1.29 is 195 Å². The van der Waals surface area contributed by atoms with Gasteiger partial charge in [-0.05, 0) is 0 Å². The summed E-state index contributed by atoms with van der Waals surface area (Å²) in [6, 6.07) is 0. The van der Waals surface area contributed by atoms with Crippen molar-refractivity contribution in [1.82, 2.24) is 0 Å². The van der Waals surface area contributed by atoms with E-state index in [9.17, 15) is 0 Å². The van der Waals surface area contributed by atoms with E-state index in [1.165, 1.54) is 0 Å². The van der Waals surface area contributed by atoms with Gasteiger partial charge in [-0.3, -0.25) is 0 Å². The van der Waals surface area contributed by atoms with E-state index >= 15 is 0 Å². The number of hydrogen-bond acceptors (Lipinski definition) is 0. The van der Waals surface area contributed by atoms with E-state index in [1.807, 2.05) is 0 Å². The van der Waals surface area contributed by atoms with Crippen LogP contribution in [0.3, 0.4) is 0 Å². The van der Waals surface area contributed by atoms with Crippen LogP contribution in [-0.4, -0.2) is 0 Å². The average molecular weight is 1290 g/mol. The summed E-state index contributed by atoms with van der Waals surface area (Å²) in [6.45, 7) is 0. The minimum absolute atomic E-state index is 0. The van der Waals surface area contributed by atoms with Crippen LogP contribution in [0.2, 0.25) is 0 Å². The number of rotatable bonds is 0. The Morgan fingerprint density at radius 1 is 0.286 bits per heavy atom. The largest absolute Gasteiger partial charge is 0 e. The molecule has 7 heavy (non-hydrogen) atoms. The fourth-order valence-corrected chi connectivity index (χ4v) is 0. The summed E-state index contributed by atoms with van der Waals surface area (Å²) in [5, 5.41) is 0. The summed E-state index contributed by atoms with van der Waals surface area (Å²) >= 11 is 0. The molecule has 0 nitrogen and oxygen atoms in total. The summed E-state index contributed by atoms with van der Waals surface area (Å²) in [4.78, 5) is 0. The molecule has 0 aromatic heterocycles. The van der Waals surface area contributed by atoms with Crippen molar-refractivity contribution in [1.29, 1.82) is 0 Å². The molecule has 0 aliphatic heterocycles. The molecule has 0 aliphatic carbocycles. The molecule has 0 fully saturated rings. The molecule has 0 amide bonds. The molecule has 3 radical (unpaired) electrons. The topological polar surface area (TPSA) is 0 Å². The Bertz CT molecular complexity index is 6.90. The van der Waals surface area contributed by atoms with Crippen LogP contribution in [0, 0.1) is 111 Å². The third-order valence-electron chi connectivity index (χ3n) is 0. The zero-order valence-electron chi connectivity index (χ0n) is 2.10. The van der Waals surface area contributed by atoms with E-state index in [1.54, 1.807) is 0 Å². The Morgan fingerprint density at radius 2 is 0.286 bits per heavy atom.